The summed E-state index contributed by atoms with van der Waals surface area (Å²) >= 11 is 1.46. The smallest absolute Gasteiger partial charge is 0.194 e. The standard InChI is InChI=1S/C12H14N4S/c1-8-5-9(2)15-11(6-8)17-12-14-4-3-10(7-13)16-12/h3-6H,7,13H2,1-2H3. The van der Waals surface area contributed by atoms with Crippen LogP contribution in [0.1, 0.15) is 17.0 Å². The van der Waals surface area contributed by atoms with Crippen molar-refractivity contribution < 1.29 is 0 Å². The number of pyridine rings is 1. The van der Waals surface area contributed by atoms with Crippen molar-refractivity contribution in [3.8, 4) is 0 Å². The zero-order chi connectivity index (χ0) is 12.3. The number of aromatic nitrogens is 3. The van der Waals surface area contributed by atoms with E-state index in [0.29, 0.717) is 11.7 Å². The second-order valence-electron chi connectivity index (χ2n) is 3.76. The van der Waals surface area contributed by atoms with Gasteiger partial charge in [-0.3, -0.25) is 0 Å². The molecule has 0 atom stereocenters. The van der Waals surface area contributed by atoms with Gasteiger partial charge in [-0.1, -0.05) is 0 Å². The third kappa shape index (κ3) is 3.25. The van der Waals surface area contributed by atoms with Gasteiger partial charge in [-0.25, -0.2) is 15.0 Å². The predicted octanol–water partition coefficient (Wildman–Crippen LogP) is 2.10. The molecule has 4 nitrogen and oxygen atoms in total. The topological polar surface area (TPSA) is 64.7 Å². The summed E-state index contributed by atoms with van der Waals surface area (Å²) in [5.41, 5.74) is 8.58. The number of rotatable bonds is 3. The van der Waals surface area contributed by atoms with Crippen LogP contribution in [0.5, 0.6) is 0 Å². The summed E-state index contributed by atoms with van der Waals surface area (Å²) in [5.74, 6) is 0. The van der Waals surface area contributed by atoms with Gasteiger partial charge < -0.3 is 5.73 Å². The van der Waals surface area contributed by atoms with E-state index in [4.69, 9.17) is 5.73 Å². The molecule has 2 N–H and O–H groups in total. The Balaban J connectivity index is 2.24. The Morgan fingerprint density at radius 3 is 2.76 bits per heavy atom. The third-order valence-electron chi connectivity index (χ3n) is 2.17. The Morgan fingerprint density at radius 1 is 1.24 bits per heavy atom. The van der Waals surface area contributed by atoms with E-state index in [1.807, 2.05) is 25.1 Å². The fraction of sp³-hybridized carbons (Fsp3) is 0.250. The van der Waals surface area contributed by atoms with Gasteiger partial charge >= 0.3 is 0 Å². The lowest BCUT2D eigenvalue weighted by molar-refractivity contribution is 0.871. The molecule has 0 fully saturated rings. The molecule has 17 heavy (non-hydrogen) atoms. The average Bonchev–Trinajstić information content (AvgIpc) is 2.28. The molecule has 0 saturated heterocycles. The molecule has 0 aliphatic carbocycles. The Hall–Kier alpha value is -1.46. The molecule has 5 heteroatoms. The summed E-state index contributed by atoms with van der Waals surface area (Å²) in [4.78, 5) is 13.0. The van der Waals surface area contributed by atoms with Crippen LogP contribution >= 0.6 is 11.8 Å². The lowest BCUT2D eigenvalue weighted by atomic mass is 10.3. The van der Waals surface area contributed by atoms with Crippen molar-refractivity contribution in [2.45, 2.75) is 30.6 Å². The van der Waals surface area contributed by atoms with Crippen LogP contribution in [0.15, 0.2) is 34.6 Å². The molecule has 0 aromatic carbocycles. The molecule has 0 bridgehead atoms. The summed E-state index contributed by atoms with van der Waals surface area (Å²) < 4.78 is 0. The van der Waals surface area contributed by atoms with Gasteiger partial charge in [0.25, 0.3) is 0 Å². The van der Waals surface area contributed by atoms with Gasteiger partial charge in [-0.05, 0) is 49.4 Å². The van der Waals surface area contributed by atoms with Gasteiger partial charge in [0.05, 0.1) is 5.69 Å². The van der Waals surface area contributed by atoms with Gasteiger partial charge in [0.15, 0.2) is 5.16 Å². The highest BCUT2D eigenvalue weighted by Gasteiger charge is 2.04. The molecular formula is C12H14N4S. The molecule has 2 aromatic rings. The Kier molecular flexibility index (Phi) is 3.71. The van der Waals surface area contributed by atoms with Crippen LogP contribution in [-0.4, -0.2) is 15.0 Å². The predicted molar refractivity (Wildman–Crippen MR) is 67.8 cm³/mol. The number of nitrogens with zero attached hydrogens (tertiary/aromatic N) is 3. The number of aryl methyl sites for hydroxylation is 2. The molecule has 2 aromatic heterocycles. The maximum absolute atomic E-state index is 5.55. The normalized spacial score (nSPS) is 10.5. The minimum atomic E-state index is 0.427. The maximum atomic E-state index is 5.55. The zero-order valence-electron chi connectivity index (χ0n) is 9.84. The number of hydrogen-bond donors (Lipinski definition) is 1. The van der Waals surface area contributed by atoms with Crippen LogP contribution in [0.3, 0.4) is 0 Å². The van der Waals surface area contributed by atoms with Crippen molar-refractivity contribution in [1.82, 2.24) is 15.0 Å². The van der Waals surface area contributed by atoms with Gasteiger partial charge in [0.1, 0.15) is 5.03 Å². The molecule has 2 rings (SSSR count). The van der Waals surface area contributed by atoms with Crippen LogP contribution < -0.4 is 5.73 Å². The van der Waals surface area contributed by atoms with E-state index in [2.05, 4.69) is 21.9 Å². The van der Waals surface area contributed by atoms with E-state index in [9.17, 15) is 0 Å². The second kappa shape index (κ2) is 5.25. The van der Waals surface area contributed by atoms with E-state index in [1.54, 1.807) is 6.20 Å². The fourth-order valence-corrected chi connectivity index (χ4v) is 2.39. The minimum Gasteiger partial charge on any atom is -0.325 e. The highest BCUT2D eigenvalue weighted by molar-refractivity contribution is 7.99. The summed E-state index contributed by atoms with van der Waals surface area (Å²) in [5, 5.41) is 1.60. The summed E-state index contributed by atoms with van der Waals surface area (Å²) in [6.45, 7) is 4.46. The Morgan fingerprint density at radius 2 is 2.06 bits per heavy atom. The highest BCUT2D eigenvalue weighted by atomic mass is 32.2. The van der Waals surface area contributed by atoms with Crippen molar-refractivity contribution in [3.05, 3.63) is 41.3 Å². The first-order chi connectivity index (χ1) is 8.17. The first kappa shape index (κ1) is 12.0. The molecule has 88 valence electrons. The van der Waals surface area contributed by atoms with Crippen molar-refractivity contribution in [2.75, 3.05) is 0 Å². The highest BCUT2D eigenvalue weighted by Crippen LogP contribution is 2.23. The van der Waals surface area contributed by atoms with Gasteiger partial charge in [0.2, 0.25) is 0 Å². The Bertz CT molecular complexity index is 507. The van der Waals surface area contributed by atoms with Crippen molar-refractivity contribution >= 4 is 11.8 Å². The van der Waals surface area contributed by atoms with Gasteiger partial charge in [0, 0.05) is 18.4 Å². The molecular weight excluding hydrogens is 232 g/mol. The van der Waals surface area contributed by atoms with Crippen molar-refractivity contribution in [1.29, 1.82) is 0 Å². The molecule has 0 saturated carbocycles. The quantitative estimate of drug-likeness (QED) is 0.840. The first-order valence-corrected chi connectivity index (χ1v) is 6.14. The minimum absolute atomic E-state index is 0.427. The lowest BCUT2D eigenvalue weighted by Crippen LogP contribution is -2.01. The van der Waals surface area contributed by atoms with E-state index in [-0.39, 0.29) is 0 Å². The van der Waals surface area contributed by atoms with Gasteiger partial charge in [-0.15, -0.1) is 0 Å². The summed E-state index contributed by atoms with van der Waals surface area (Å²) in [6.07, 6.45) is 1.72. The molecule has 0 radical (unpaired) electrons. The van der Waals surface area contributed by atoms with Crippen LogP contribution in [0.25, 0.3) is 0 Å². The zero-order valence-corrected chi connectivity index (χ0v) is 10.7. The second-order valence-corrected chi connectivity index (χ2v) is 4.75. The molecule has 2 heterocycles. The van der Waals surface area contributed by atoms with Crippen LogP contribution in [0.2, 0.25) is 0 Å². The largest absolute Gasteiger partial charge is 0.325 e. The summed E-state index contributed by atoms with van der Waals surface area (Å²) in [7, 11) is 0. The first-order valence-electron chi connectivity index (χ1n) is 5.32. The summed E-state index contributed by atoms with van der Waals surface area (Å²) in [6, 6.07) is 5.89. The molecule has 0 aliphatic heterocycles. The lowest BCUT2D eigenvalue weighted by Gasteiger charge is -2.03. The van der Waals surface area contributed by atoms with Crippen LogP contribution in [0, 0.1) is 13.8 Å². The van der Waals surface area contributed by atoms with Crippen molar-refractivity contribution in [3.63, 3.8) is 0 Å². The van der Waals surface area contributed by atoms with E-state index >= 15 is 0 Å². The fourth-order valence-electron chi connectivity index (χ4n) is 1.49. The van der Waals surface area contributed by atoms with Crippen LogP contribution in [-0.2, 0) is 6.54 Å². The average molecular weight is 246 g/mol. The molecule has 0 unspecified atom stereocenters. The van der Waals surface area contributed by atoms with E-state index < -0.39 is 0 Å². The van der Waals surface area contributed by atoms with Gasteiger partial charge in [-0.2, -0.15) is 0 Å². The van der Waals surface area contributed by atoms with E-state index in [0.717, 1.165) is 16.4 Å². The number of hydrogen-bond acceptors (Lipinski definition) is 5. The molecule has 0 amide bonds. The third-order valence-corrected chi connectivity index (χ3v) is 2.97. The SMILES string of the molecule is Cc1cc(C)nc(Sc2nccc(CN)n2)c1. The van der Waals surface area contributed by atoms with Crippen LogP contribution in [0.4, 0.5) is 0 Å². The Labute approximate surface area is 105 Å². The number of nitrogens with two attached hydrogens (primary N) is 1. The molecule has 0 spiro atoms. The van der Waals surface area contributed by atoms with E-state index in [1.165, 1.54) is 17.3 Å². The maximum Gasteiger partial charge on any atom is 0.194 e. The van der Waals surface area contributed by atoms with Crippen molar-refractivity contribution in [2.24, 2.45) is 5.73 Å². The molecule has 0 aliphatic rings. The monoisotopic (exact) mass is 246 g/mol.